The zero-order valence-electron chi connectivity index (χ0n) is 18.0. The molecule has 4 nitrogen and oxygen atoms in total. The third kappa shape index (κ3) is 5.35. The van der Waals surface area contributed by atoms with Crippen molar-refractivity contribution in [1.29, 1.82) is 0 Å². The Bertz CT molecular complexity index is 1160. The Morgan fingerprint density at radius 2 is 1.85 bits per heavy atom. The zero-order chi connectivity index (χ0) is 23.4. The molecule has 0 saturated carbocycles. The molecule has 172 valence electrons. The number of H-pyrrole nitrogens is 1. The third-order valence-corrected chi connectivity index (χ3v) is 6.13. The highest BCUT2D eigenvalue weighted by Crippen LogP contribution is 2.34. The summed E-state index contributed by atoms with van der Waals surface area (Å²) >= 11 is 0. The van der Waals surface area contributed by atoms with Crippen LogP contribution in [0.4, 0.5) is 13.2 Å². The Morgan fingerprint density at radius 3 is 2.45 bits per heavy atom. The van der Waals surface area contributed by atoms with Gasteiger partial charge in [0.25, 0.3) is 11.5 Å². The Balaban J connectivity index is 1.56. The summed E-state index contributed by atoms with van der Waals surface area (Å²) in [5.74, 6) is -0.769. The van der Waals surface area contributed by atoms with E-state index in [9.17, 15) is 22.8 Å². The largest absolute Gasteiger partial charge is 0.431 e. The van der Waals surface area contributed by atoms with E-state index in [1.807, 2.05) is 30.3 Å². The first-order valence-electron chi connectivity index (χ1n) is 11.1. The number of halogens is 3. The van der Waals surface area contributed by atoms with Crippen LogP contribution in [0.1, 0.15) is 59.8 Å². The standard InChI is InChI=1S/C26H25F3N2O2/c27-26(28,29)22-16-15-21(24(32)30-22)25(33)31-23(19-9-5-2-6-10-19)20-13-11-18(12-14-20)17-7-3-1-4-8-17/h2,5-7,9-13,15-16,20,23H,1,3-4,8,14H2,(H,30,32)(H,31,33). The highest BCUT2D eigenvalue weighted by atomic mass is 19.4. The number of pyridine rings is 1. The van der Waals surface area contributed by atoms with Crippen molar-refractivity contribution in [3.05, 3.63) is 105 Å². The van der Waals surface area contributed by atoms with E-state index in [4.69, 9.17) is 0 Å². The van der Waals surface area contributed by atoms with Crippen LogP contribution in [0.5, 0.6) is 0 Å². The number of nitrogens with one attached hydrogen (secondary N) is 2. The van der Waals surface area contributed by atoms with Gasteiger partial charge in [-0.3, -0.25) is 9.59 Å². The van der Waals surface area contributed by atoms with E-state index in [-0.39, 0.29) is 11.5 Å². The number of carbonyl (C=O) groups excluding carboxylic acids is 1. The number of carbonyl (C=O) groups is 1. The first kappa shape index (κ1) is 22.8. The van der Waals surface area contributed by atoms with Crippen LogP contribution in [0.15, 0.2) is 82.7 Å². The predicted molar refractivity (Wildman–Crippen MR) is 121 cm³/mol. The van der Waals surface area contributed by atoms with Crippen molar-refractivity contribution >= 4 is 5.91 Å². The zero-order valence-corrected chi connectivity index (χ0v) is 18.0. The molecule has 2 aliphatic rings. The fraction of sp³-hybridized carbons (Fsp3) is 0.308. The monoisotopic (exact) mass is 454 g/mol. The summed E-state index contributed by atoms with van der Waals surface area (Å²) in [5, 5.41) is 2.88. The van der Waals surface area contributed by atoms with Crippen LogP contribution in [-0.4, -0.2) is 10.9 Å². The SMILES string of the molecule is O=C(NC(c1ccccc1)C1C=CC(C2=CCCCC2)=CC1)c1ccc(C(F)(F)F)[nH]c1=O. The third-order valence-electron chi connectivity index (χ3n) is 6.13. The van der Waals surface area contributed by atoms with Crippen molar-refractivity contribution in [2.24, 2.45) is 5.92 Å². The first-order chi connectivity index (χ1) is 15.8. The van der Waals surface area contributed by atoms with Gasteiger partial charge in [-0.15, -0.1) is 0 Å². The lowest BCUT2D eigenvalue weighted by atomic mass is 9.83. The van der Waals surface area contributed by atoms with E-state index in [0.29, 0.717) is 12.5 Å². The molecule has 0 aliphatic heterocycles. The van der Waals surface area contributed by atoms with E-state index >= 15 is 0 Å². The number of aromatic amines is 1. The second-order valence-corrected chi connectivity index (χ2v) is 8.37. The summed E-state index contributed by atoms with van der Waals surface area (Å²) in [4.78, 5) is 26.9. The van der Waals surface area contributed by atoms with Crippen LogP contribution >= 0.6 is 0 Å². The second kappa shape index (κ2) is 9.65. The predicted octanol–water partition coefficient (Wildman–Crippen LogP) is 5.87. The van der Waals surface area contributed by atoms with Crippen molar-refractivity contribution in [3.8, 4) is 0 Å². The van der Waals surface area contributed by atoms with Crippen molar-refractivity contribution in [2.45, 2.75) is 44.3 Å². The maximum Gasteiger partial charge on any atom is 0.431 e. The number of benzene rings is 1. The topological polar surface area (TPSA) is 62.0 Å². The molecule has 1 aromatic carbocycles. The second-order valence-electron chi connectivity index (χ2n) is 8.37. The minimum atomic E-state index is -4.69. The lowest BCUT2D eigenvalue weighted by Crippen LogP contribution is -2.36. The van der Waals surface area contributed by atoms with Gasteiger partial charge < -0.3 is 10.3 Å². The molecule has 2 aromatic rings. The highest BCUT2D eigenvalue weighted by Gasteiger charge is 2.33. The fourth-order valence-corrected chi connectivity index (χ4v) is 4.36. The van der Waals surface area contributed by atoms with Gasteiger partial charge in [-0.2, -0.15) is 13.2 Å². The molecule has 33 heavy (non-hydrogen) atoms. The van der Waals surface area contributed by atoms with Crippen LogP contribution in [0.3, 0.4) is 0 Å². The van der Waals surface area contributed by atoms with E-state index in [1.54, 1.807) is 4.98 Å². The summed E-state index contributed by atoms with van der Waals surface area (Å²) in [7, 11) is 0. The van der Waals surface area contributed by atoms with Gasteiger partial charge in [0.2, 0.25) is 0 Å². The van der Waals surface area contributed by atoms with E-state index in [1.165, 1.54) is 24.0 Å². The van der Waals surface area contributed by atoms with Gasteiger partial charge >= 0.3 is 6.18 Å². The molecule has 0 bridgehead atoms. The smallest absolute Gasteiger partial charge is 0.344 e. The number of hydrogen-bond donors (Lipinski definition) is 2. The highest BCUT2D eigenvalue weighted by molar-refractivity contribution is 5.94. The van der Waals surface area contributed by atoms with Crippen LogP contribution in [0, 0.1) is 5.92 Å². The average molecular weight is 454 g/mol. The summed E-state index contributed by atoms with van der Waals surface area (Å²) in [5.41, 5.74) is 0.814. The molecule has 2 N–H and O–H groups in total. The molecule has 2 aliphatic carbocycles. The first-order valence-corrected chi connectivity index (χ1v) is 11.1. The van der Waals surface area contributed by atoms with Crippen LogP contribution in [0.25, 0.3) is 0 Å². The minimum Gasteiger partial charge on any atom is -0.344 e. The normalized spacial score (nSPS) is 19.4. The molecule has 1 aromatic heterocycles. The number of alkyl halides is 3. The number of amides is 1. The summed E-state index contributed by atoms with van der Waals surface area (Å²) in [6, 6.07) is 10.6. The van der Waals surface area contributed by atoms with Gasteiger partial charge in [0.05, 0.1) is 6.04 Å². The number of hydrogen-bond acceptors (Lipinski definition) is 2. The molecule has 4 rings (SSSR count). The molecule has 0 saturated heterocycles. The van der Waals surface area contributed by atoms with E-state index in [2.05, 4.69) is 29.6 Å². The number of aromatic nitrogens is 1. The van der Waals surface area contributed by atoms with Gasteiger partial charge in [-0.05, 0) is 60.9 Å². The molecule has 0 spiro atoms. The lowest BCUT2D eigenvalue weighted by molar-refractivity contribution is -0.141. The molecule has 1 heterocycles. The molecule has 0 radical (unpaired) electrons. The van der Waals surface area contributed by atoms with E-state index < -0.39 is 29.4 Å². The molecule has 7 heteroatoms. The van der Waals surface area contributed by atoms with Gasteiger partial charge in [-0.25, -0.2) is 0 Å². The Kier molecular flexibility index (Phi) is 6.67. The van der Waals surface area contributed by atoms with Gasteiger partial charge in [0.15, 0.2) is 0 Å². The lowest BCUT2D eigenvalue weighted by Gasteiger charge is -2.28. The molecular weight excluding hydrogens is 429 g/mol. The molecule has 2 unspecified atom stereocenters. The Hall–Kier alpha value is -3.35. The summed E-state index contributed by atoms with van der Waals surface area (Å²) < 4.78 is 38.6. The Morgan fingerprint density at radius 1 is 1.06 bits per heavy atom. The number of rotatable bonds is 5. The van der Waals surface area contributed by atoms with Crippen LogP contribution in [0.2, 0.25) is 0 Å². The number of allylic oxidation sites excluding steroid dienone is 5. The van der Waals surface area contributed by atoms with Crippen molar-refractivity contribution in [1.82, 2.24) is 10.3 Å². The molecular formula is C26H25F3N2O2. The van der Waals surface area contributed by atoms with Crippen molar-refractivity contribution < 1.29 is 18.0 Å². The minimum absolute atomic E-state index is 0.0576. The van der Waals surface area contributed by atoms with Crippen molar-refractivity contribution in [2.75, 3.05) is 0 Å². The fourth-order valence-electron chi connectivity index (χ4n) is 4.36. The quantitative estimate of drug-likeness (QED) is 0.594. The molecule has 0 fully saturated rings. The molecule has 2 atom stereocenters. The van der Waals surface area contributed by atoms with Crippen LogP contribution < -0.4 is 10.9 Å². The summed E-state index contributed by atoms with van der Waals surface area (Å²) in [6.45, 7) is 0. The average Bonchev–Trinajstić information content (AvgIpc) is 2.83. The van der Waals surface area contributed by atoms with Gasteiger partial charge in [-0.1, -0.05) is 54.6 Å². The molecule has 1 amide bonds. The summed E-state index contributed by atoms with van der Waals surface area (Å²) in [6.07, 6.45) is 9.18. The van der Waals surface area contributed by atoms with Crippen LogP contribution in [-0.2, 0) is 6.18 Å². The van der Waals surface area contributed by atoms with E-state index in [0.717, 1.165) is 24.5 Å². The maximum atomic E-state index is 12.9. The van der Waals surface area contributed by atoms with Crippen molar-refractivity contribution in [3.63, 3.8) is 0 Å². The Labute approximate surface area is 189 Å². The van der Waals surface area contributed by atoms with Gasteiger partial charge in [0, 0.05) is 5.92 Å². The van der Waals surface area contributed by atoms with Gasteiger partial charge in [0.1, 0.15) is 11.3 Å². The maximum absolute atomic E-state index is 12.9.